The first kappa shape index (κ1) is 13.7. The van der Waals surface area contributed by atoms with E-state index in [-0.39, 0.29) is 6.09 Å². The minimum atomic E-state index is -0.404. The molecular formula is C14H26N2O2. The van der Waals surface area contributed by atoms with Gasteiger partial charge in [-0.3, -0.25) is 0 Å². The Bertz CT molecular complexity index is 299. The summed E-state index contributed by atoms with van der Waals surface area (Å²) in [6, 6.07) is 0.353. The van der Waals surface area contributed by atoms with E-state index in [4.69, 9.17) is 10.5 Å². The van der Waals surface area contributed by atoms with Gasteiger partial charge in [-0.15, -0.1) is 0 Å². The molecule has 2 aliphatic rings. The maximum atomic E-state index is 11.9. The number of piperidine rings is 1. The number of ether oxygens (including phenoxy) is 1. The van der Waals surface area contributed by atoms with Crippen LogP contribution in [-0.4, -0.2) is 35.7 Å². The van der Waals surface area contributed by atoms with E-state index in [0.29, 0.717) is 12.0 Å². The first-order valence-corrected chi connectivity index (χ1v) is 7.10. The Kier molecular flexibility index (Phi) is 3.85. The molecule has 104 valence electrons. The maximum Gasteiger partial charge on any atom is 0.410 e. The maximum absolute atomic E-state index is 11.9. The minimum absolute atomic E-state index is 0.180. The van der Waals surface area contributed by atoms with E-state index in [1.807, 2.05) is 25.7 Å². The minimum Gasteiger partial charge on any atom is -0.444 e. The molecule has 1 aliphatic carbocycles. The predicted molar refractivity (Wildman–Crippen MR) is 71.2 cm³/mol. The van der Waals surface area contributed by atoms with Gasteiger partial charge in [0.1, 0.15) is 5.60 Å². The van der Waals surface area contributed by atoms with Gasteiger partial charge < -0.3 is 15.4 Å². The first-order valence-electron chi connectivity index (χ1n) is 7.10. The summed E-state index contributed by atoms with van der Waals surface area (Å²) < 4.78 is 5.39. The molecule has 4 nitrogen and oxygen atoms in total. The SMILES string of the molecule is CC(C)(C)OC(=O)N1CCC([C@@H](N)C2CC2)CC1. The van der Waals surface area contributed by atoms with Crippen LogP contribution in [0.25, 0.3) is 0 Å². The van der Waals surface area contributed by atoms with Crippen LogP contribution in [0, 0.1) is 11.8 Å². The van der Waals surface area contributed by atoms with Gasteiger partial charge in [-0.25, -0.2) is 4.79 Å². The fraction of sp³-hybridized carbons (Fsp3) is 0.929. The Morgan fingerprint density at radius 1 is 1.17 bits per heavy atom. The zero-order valence-electron chi connectivity index (χ0n) is 11.8. The fourth-order valence-corrected chi connectivity index (χ4v) is 2.66. The second-order valence-electron chi connectivity index (χ2n) is 6.72. The number of hydrogen-bond acceptors (Lipinski definition) is 3. The summed E-state index contributed by atoms with van der Waals surface area (Å²) in [6.45, 7) is 7.29. The van der Waals surface area contributed by atoms with Crippen LogP contribution in [0.2, 0.25) is 0 Å². The highest BCUT2D eigenvalue weighted by molar-refractivity contribution is 5.68. The van der Waals surface area contributed by atoms with Crippen molar-refractivity contribution in [2.75, 3.05) is 13.1 Å². The molecule has 0 bridgehead atoms. The van der Waals surface area contributed by atoms with Crippen molar-refractivity contribution in [2.24, 2.45) is 17.6 Å². The molecule has 18 heavy (non-hydrogen) atoms. The second kappa shape index (κ2) is 5.08. The molecule has 0 radical (unpaired) electrons. The van der Waals surface area contributed by atoms with Gasteiger partial charge >= 0.3 is 6.09 Å². The van der Waals surface area contributed by atoms with Crippen LogP contribution in [0.1, 0.15) is 46.5 Å². The average molecular weight is 254 g/mol. The van der Waals surface area contributed by atoms with E-state index >= 15 is 0 Å². The number of amides is 1. The third-order valence-corrected chi connectivity index (χ3v) is 3.90. The van der Waals surface area contributed by atoms with Crippen molar-refractivity contribution in [3.63, 3.8) is 0 Å². The van der Waals surface area contributed by atoms with Crippen molar-refractivity contribution in [3.05, 3.63) is 0 Å². The van der Waals surface area contributed by atoms with E-state index in [1.54, 1.807) is 0 Å². The molecule has 2 fully saturated rings. The van der Waals surface area contributed by atoms with Crippen LogP contribution in [0.15, 0.2) is 0 Å². The zero-order valence-corrected chi connectivity index (χ0v) is 11.8. The van der Waals surface area contributed by atoms with E-state index in [2.05, 4.69) is 0 Å². The van der Waals surface area contributed by atoms with Crippen LogP contribution in [0.5, 0.6) is 0 Å². The monoisotopic (exact) mass is 254 g/mol. The van der Waals surface area contributed by atoms with Crippen molar-refractivity contribution in [1.82, 2.24) is 4.90 Å². The molecule has 1 heterocycles. The van der Waals surface area contributed by atoms with Crippen LogP contribution >= 0.6 is 0 Å². The Labute approximate surface area is 110 Å². The molecule has 2 N–H and O–H groups in total. The lowest BCUT2D eigenvalue weighted by Crippen LogP contribution is -2.45. The van der Waals surface area contributed by atoms with Crippen LogP contribution in [0.3, 0.4) is 0 Å². The molecule has 0 aromatic carbocycles. The summed E-state index contributed by atoms with van der Waals surface area (Å²) >= 11 is 0. The van der Waals surface area contributed by atoms with Gasteiger partial charge in [-0.2, -0.15) is 0 Å². The van der Waals surface area contributed by atoms with Crippen LogP contribution in [-0.2, 0) is 4.74 Å². The molecule has 0 aromatic heterocycles. The van der Waals surface area contributed by atoms with Crippen LogP contribution in [0.4, 0.5) is 4.79 Å². The Morgan fingerprint density at radius 3 is 2.11 bits per heavy atom. The standard InChI is InChI=1S/C14H26N2O2/c1-14(2,3)18-13(17)16-8-6-11(7-9-16)12(15)10-4-5-10/h10-12H,4-9,15H2,1-3H3/t12-/m0/s1. The summed E-state index contributed by atoms with van der Waals surface area (Å²) in [5, 5.41) is 0. The number of nitrogens with zero attached hydrogens (tertiary/aromatic N) is 1. The lowest BCUT2D eigenvalue weighted by atomic mass is 9.87. The Balaban J connectivity index is 1.77. The smallest absolute Gasteiger partial charge is 0.410 e. The number of nitrogens with two attached hydrogens (primary N) is 1. The molecule has 0 unspecified atom stereocenters. The molecule has 0 aromatic rings. The van der Waals surface area contributed by atoms with E-state index in [1.165, 1.54) is 12.8 Å². The van der Waals surface area contributed by atoms with Gasteiger partial charge in [-0.05, 0) is 58.3 Å². The molecule has 1 saturated carbocycles. The third-order valence-electron chi connectivity index (χ3n) is 3.90. The molecule has 1 atom stereocenters. The normalized spacial score (nSPS) is 23.9. The van der Waals surface area contributed by atoms with Crippen LogP contribution < -0.4 is 5.73 Å². The number of carbonyl (C=O) groups is 1. The van der Waals surface area contributed by atoms with Gasteiger partial charge in [0.15, 0.2) is 0 Å². The second-order valence-corrected chi connectivity index (χ2v) is 6.72. The van der Waals surface area contributed by atoms with Gasteiger partial charge in [0.05, 0.1) is 0 Å². The number of carbonyl (C=O) groups excluding carboxylic acids is 1. The van der Waals surface area contributed by atoms with Crippen molar-refractivity contribution in [3.8, 4) is 0 Å². The number of likely N-dealkylation sites (tertiary alicyclic amines) is 1. The number of hydrogen-bond donors (Lipinski definition) is 1. The summed E-state index contributed by atoms with van der Waals surface area (Å²) in [6.07, 6.45) is 4.47. The van der Waals surface area contributed by atoms with E-state index in [9.17, 15) is 4.79 Å². The lowest BCUT2D eigenvalue weighted by Gasteiger charge is -2.35. The predicted octanol–water partition coefficient (Wildman–Crippen LogP) is 2.37. The molecule has 0 spiro atoms. The van der Waals surface area contributed by atoms with Gasteiger partial charge in [0, 0.05) is 19.1 Å². The Morgan fingerprint density at radius 2 is 1.67 bits per heavy atom. The quantitative estimate of drug-likeness (QED) is 0.823. The first-order chi connectivity index (χ1) is 8.37. The summed E-state index contributed by atoms with van der Waals surface area (Å²) in [7, 11) is 0. The zero-order chi connectivity index (χ0) is 13.3. The molecule has 1 aliphatic heterocycles. The van der Waals surface area contributed by atoms with E-state index < -0.39 is 5.60 Å². The summed E-state index contributed by atoms with van der Waals surface area (Å²) in [4.78, 5) is 13.7. The molecule has 1 saturated heterocycles. The fourth-order valence-electron chi connectivity index (χ4n) is 2.66. The molecule has 1 amide bonds. The molecule has 4 heteroatoms. The lowest BCUT2D eigenvalue weighted by molar-refractivity contribution is 0.0172. The van der Waals surface area contributed by atoms with Crippen molar-refractivity contribution >= 4 is 6.09 Å². The average Bonchev–Trinajstić information content (AvgIpc) is 3.10. The summed E-state index contributed by atoms with van der Waals surface area (Å²) in [5.41, 5.74) is 5.84. The summed E-state index contributed by atoms with van der Waals surface area (Å²) in [5.74, 6) is 1.35. The largest absolute Gasteiger partial charge is 0.444 e. The van der Waals surface area contributed by atoms with Gasteiger partial charge in [0.2, 0.25) is 0 Å². The number of rotatable bonds is 2. The van der Waals surface area contributed by atoms with Crippen molar-refractivity contribution < 1.29 is 9.53 Å². The Hall–Kier alpha value is -0.770. The van der Waals surface area contributed by atoms with Crippen molar-refractivity contribution in [1.29, 1.82) is 0 Å². The van der Waals surface area contributed by atoms with Gasteiger partial charge in [0.25, 0.3) is 0 Å². The molecule has 2 rings (SSSR count). The highest BCUT2D eigenvalue weighted by atomic mass is 16.6. The van der Waals surface area contributed by atoms with Gasteiger partial charge in [-0.1, -0.05) is 0 Å². The van der Waals surface area contributed by atoms with Crippen molar-refractivity contribution in [2.45, 2.75) is 58.1 Å². The van der Waals surface area contributed by atoms with E-state index in [0.717, 1.165) is 31.8 Å². The highest BCUT2D eigenvalue weighted by Gasteiger charge is 2.36. The molecular weight excluding hydrogens is 228 g/mol. The third kappa shape index (κ3) is 3.61. The highest BCUT2D eigenvalue weighted by Crippen LogP contribution is 2.37. The topological polar surface area (TPSA) is 55.6 Å².